The van der Waals surface area contributed by atoms with Crippen molar-refractivity contribution in [3.05, 3.63) is 88.5 Å². The number of ether oxygens (including phenoxy) is 2. The predicted molar refractivity (Wildman–Crippen MR) is 138 cm³/mol. The summed E-state index contributed by atoms with van der Waals surface area (Å²) in [5.41, 5.74) is 0.768. The van der Waals surface area contributed by atoms with E-state index in [1.807, 2.05) is 0 Å². The van der Waals surface area contributed by atoms with Gasteiger partial charge in [0.1, 0.15) is 17.3 Å². The summed E-state index contributed by atoms with van der Waals surface area (Å²) in [4.78, 5) is 27.7. The van der Waals surface area contributed by atoms with E-state index in [1.54, 1.807) is 31.2 Å². The maximum Gasteiger partial charge on any atom is 0.300 e. The molecule has 0 radical (unpaired) electrons. The van der Waals surface area contributed by atoms with Gasteiger partial charge in [-0.2, -0.15) is 0 Å². The van der Waals surface area contributed by atoms with Crippen LogP contribution >= 0.6 is 11.6 Å². The average molecular weight is 543 g/mol. The number of nitrogens with two attached hydrogens (primary N) is 1. The smallest absolute Gasteiger partial charge is 0.300 e. The molecule has 0 aliphatic carbocycles. The van der Waals surface area contributed by atoms with Crippen LogP contribution in [0.2, 0.25) is 5.02 Å². The summed E-state index contributed by atoms with van der Waals surface area (Å²) in [5, 5.41) is 16.8. The fraction of sp³-hybridized carbons (Fsp3) is 0.154. The summed E-state index contributed by atoms with van der Waals surface area (Å²) in [5.74, 6) is -1.48. The fourth-order valence-corrected chi connectivity index (χ4v) is 4.78. The molecule has 0 saturated carbocycles. The van der Waals surface area contributed by atoms with Gasteiger partial charge in [-0.1, -0.05) is 23.7 Å². The van der Waals surface area contributed by atoms with Gasteiger partial charge in [0, 0.05) is 11.3 Å². The molecule has 0 aromatic heterocycles. The molecule has 3 aromatic carbocycles. The van der Waals surface area contributed by atoms with Crippen LogP contribution in [0, 0.1) is 0 Å². The summed E-state index contributed by atoms with van der Waals surface area (Å²) in [7, 11) is -2.50. The molecular weight excluding hydrogens is 520 g/mol. The highest BCUT2D eigenvalue weighted by Gasteiger charge is 2.47. The third kappa shape index (κ3) is 5.04. The number of aliphatic hydroxyl groups is 1. The van der Waals surface area contributed by atoms with Crippen LogP contribution in [-0.2, 0) is 19.6 Å². The van der Waals surface area contributed by atoms with E-state index >= 15 is 0 Å². The summed E-state index contributed by atoms with van der Waals surface area (Å²) < 4.78 is 34.2. The third-order valence-corrected chi connectivity index (χ3v) is 7.04. The lowest BCUT2D eigenvalue weighted by Crippen LogP contribution is -2.29. The second-order valence-corrected chi connectivity index (χ2v) is 10.0. The minimum atomic E-state index is -3.97. The SMILES string of the molecule is CCOc1cc(/C(O)=C2\C(=O)C(=O)N(c3ccc(S(N)(=O)=O)cc3)C2c2cccc(OC)c2)ccc1Cl. The van der Waals surface area contributed by atoms with E-state index < -0.39 is 33.5 Å². The highest BCUT2D eigenvalue weighted by Crippen LogP contribution is 2.43. The Morgan fingerprint density at radius 2 is 1.78 bits per heavy atom. The average Bonchev–Trinajstić information content (AvgIpc) is 3.15. The van der Waals surface area contributed by atoms with Gasteiger partial charge in [0.25, 0.3) is 11.7 Å². The van der Waals surface area contributed by atoms with Crippen LogP contribution in [0.3, 0.4) is 0 Å². The fourth-order valence-electron chi connectivity index (χ4n) is 4.09. The van der Waals surface area contributed by atoms with Crippen molar-refractivity contribution in [3.8, 4) is 11.5 Å². The zero-order valence-electron chi connectivity index (χ0n) is 19.8. The summed E-state index contributed by atoms with van der Waals surface area (Å²) >= 11 is 6.18. The van der Waals surface area contributed by atoms with Crippen molar-refractivity contribution < 1.29 is 32.6 Å². The van der Waals surface area contributed by atoms with E-state index in [9.17, 15) is 23.1 Å². The lowest BCUT2D eigenvalue weighted by Gasteiger charge is -2.26. The van der Waals surface area contributed by atoms with Crippen LogP contribution in [0.15, 0.2) is 77.2 Å². The van der Waals surface area contributed by atoms with Crippen LogP contribution in [0.5, 0.6) is 11.5 Å². The molecule has 1 aliphatic heterocycles. The molecule has 1 amide bonds. The topological polar surface area (TPSA) is 136 Å². The van der Waals surface area contributed by atoms with Crippen molar-refractivity contribution in [2.45, 2.75) is 17.9 Å². The summed E-state index contributed by atoms with van der Waals surface area (Å²) in [6, 6.07) is 15.4. The Morgan fingerprint density at radius 1 is 1.08 bits per heavy atom. The maximum atomic E-state index is 13.3. The second-order valence-electron chi connectivity index (χ2n) is 8.06. The first-order chi connectivity index (χ1) is 17.6. The summed E-state index contributed by atoms with van der Waals surface area (Å²) in [6.07, 6.45) is 0. The maximum absolute atomic E-state index is 13.3. The van der Waals surface area contributed by atoms with Crippen molar-refractivity contribution in [2.75, 3.05) is 18.6 Å². The normalized spacial score (nSPS) is 17.2. The molecule has 1 saturated heterocycles. The number of rotatable bonds is 7. The van der Waals surface area contributed by atoms with Gasteiger partial charge >= 0.3 is 0 Å². The number of halogens is 1. The van der Waals surface area contributed by atoms with Gasteiger partial charge < -0.3 is 14.6 Å². The Hall–Kier alpha value is -3.86. The molecule has 4 rings (SSSR count). The van der Waals surface area contributed by atoms with Gasteiger partial charge in [0.05, 0.1) is 35.2 Å². The first-order valence-corrected chi connectivity index (χ1v) is 13.0. The Kier molecular flexibility index (Phi) is 7.26. The van der Waals surface area contributed by atoms with Gasteiger partial charge in [0.15, 0.2) is 0 Å². The zero-order chi connectivity index (χ0) is 26.9. The van der Waals surface area contributed by atoms with E-state index in [0.717, 1.165) is 0 Å². The van der Waals surface area contributed by atoms with Crippen LogP contribution < -0.4 is 19.5 Å². The van der Waals surface area contributed by atoms with E-state index in [1.165, 1.54) is 54.5 Å². The number of Topliss-reactive ketones (excluding diaryl/α,β-unsaturated/α-hetero) is 1. The molecular formula is C26H23ClN2O7S. The molecule has 1 atom stereocenters. The van der Waals surface area contributed by atoms with Crippen molar-refractivity contribution in [2.24, 2.45) is 5.14 Å². The van der Waals surface area contributed by atoms with Crippen LogP contribution in [-0.4, -0.2) is 38.9 Å². The standard InChI is InChI=1S/C26H23ClN2O7S/c1-3-36-21-14-16(7-12-20(21)27)24(30)22-23(15-5-4-6-18(13-15)35-2)29(26(32)25(22)31)17-8-10-19(11-9-17)37(28,33)34/h4-14,23,30H,3H2,1-2H3,(H2,28,33,34)/b24-22+. The number of aliphatic hydroxyl groups excluding tert-OH is 1. The molecule has 1 unspecified atom stereocenters. The van der Waals surface area contributed by atoms with Crippen molar-refractivity contribution in [1.29, 1.82) is 0 Å². The Bertz CT molecular complexity index is 1520. The van der Waals surface area contributed by atoms with Crippen LogP contribution in [0.4, 0.5) is 5.69 Å². The molecule has 11 heteroatoms. The molecule has 0 spiro atoms. The third-order valence-electron chi connectivity index (χ3n) is 5.80. The zero-order valence-corrected chi connectivity index (χ0v) is 21.4. The molecule has 192 valence electrons. The van der Waals surface area contributed by atoms with Gasteiger partial charge in [-0.25, -0.2) is 13.6 Å². The number of carbonyl (C=O) groups excluding carboxylic acids is 2. The van der Waals surface area contributed by atoms with Gasteiger partial charge in [0.2, 0.25) is 10.0 Å². The summed E-state index contributed by atoms with van der Waals surface area (Å²) in [6.45, 7) is 2.10. The number of nitrogens with zero attached hydrogens (tertiary/aromatic N) is 1. The number of benzene rings is 3. The second kappa shape index (κ2) is 10.3. The number of sulfonamides is 1. The number of carbonyl (C=O) groups is 2. The molecule has 0 bridgehead atoms. The predicted octanol–water partition coefficient (Wildman–Crippen LogP) is 4.02. The molecule has 3 N–H and O–H groups in total. The highest BCUT2D eigenvalue weighted by atomic mass is 35.5. The molecule has 1 fully saturated rings. The van der Waals surface area contributed by atoms with Crippen molar-refractivity contribution in [1.82, 2.24) is 0 Å². The number of methoxy groups -OCH3 is 1. The number of anilines is 1. The number of ketones is 1. The number of hydrogen-bond acceptors (Lipinski definition) is 7. The van der Waals surface area contributed by atoms with Crippen molar-refractivity contribution >= 4 is 44.8 Å². The number of primary sulfonamides is 1. The van der Waals surface area contributed by atoms with Crippen molar-refractivity contribution in [3.63, 3.8) is 0 Å². The minimum Gasteiger partial charge on any atom is -0.507 e. The van der Waals surface area contributed by atoms with E-state index in [0.29, 0.717) is 28.7 Å². The Balaban J connectivity index is 1.93. The van der Waals surface area contributed by atoms with Gasteiger partial charge in [-0.15, -0.1) is 0 Å². The largest absolute Gasteiger partial charge is 0.507 e. The monoisotopic (exact) mass is 542 g/mol. The first-order valence-electron chi connectivity index (χ1n) is 11.1. The molecule has 9 nitrogen and oxygen atoms in total. The number of amides is 1. The molecule has 37 heavy (non-hydrogen) atoms. The Labute approximate surface area is 218 Å². The van der Waals surface area contributed by atoms with Gasteiger partial charge in [-0.05, 0) is 67.1 Å². The first kappa shape index (κ1) is 26.2. The molecule has 1 aliphatic rings. The molecule has 3 aromatic rings. The van der Waals surface area contributed by atoms with E-state index in [4.69, 9.17) is 26.2 Å². The van der Waals surface area contributed by atoms with Crippen LogP contribution in [0.25, 0.3) is 5.76 Å². The van der Waals surface area contributed by atoms with E-state index in [-0.39, 0.29) is 21.7 Å². The highest BCUT2D eigenvalue weighted by molar-refractivity contribution is 7.89. The quantitative estimate of drug-likeness (QED) is 0.261. The number of hydrogen-bond donors (Lipinski definition) is 2. The molecule has 1 heterocycles. The van der Waals surface area contributed by atoms with E-state index in [2.05, 4.69) is 0 Å². The lowest BCUT2D eigenvalue weighted by molar-refractivity contribution is -0.132. The van der Waals surface area contributed by atoms with Crippen LogP contribution in [0.1, 0.15) is 24.1 Å². The minimum absolute atomic E-state index is 0.157. The lowest BCUT2D eigenvalue weighted by atomic mass is 9.95. The Morgan fingerprint density at radius 3 is 2.41 bits per heavy atom. The van der Waals surface area contributed by atoms with Gasteiger partial charge in [-0.3, -0.25) is 14.5 Å².